The highest BCUT2D eigenvalue weighted by Gasteiger charge is 2.38. The molecule has 0 aromatic rings. The highest BCUT2D eigenvalue weighted by Crippen LogP contribution is 2.34. The topological polar surface area (TPSA) is 55.4 Å². The average Bonchev–Trinajstić information content (AvgIpc) is 3.07. The van der Waals surface area contributed by atoms with Crippen molar-refractivity contribution in [3.05, 3.63) is 0 Å². The third kappa shape index (κ3) is 3.41. The number of thioether (sulfide) groups is 1. The van der Waals surface area contributed by atoms with Crippen molar-refractivity contribution in [2.24, 2.45) is 5.92 Å². The van der Waals surface area contributed by atoms with Crippen LogP contribution in [0, 0.1) is 5.92 Å². The van der Waals surface area contributed by atoms with Crippen molar-refractivity contribution >= 4 is 23.6 Å². The van der Waals surface area contributed by atoms with Crippen LogP contribution in [0.25, 0.3) is 0 Å². The van der Waals surface area contributed by atoms with Crippen LogP contribution in [0.2, 0.25) is 0 Å². The summed E-state index contributed by atoms with van der Waals surface area (Å²) in [7, 11) is 1.31. The second-order valence-corrected chi connectivity index (χ2v) is 4.91. The summed E-state index contributed by atoms with van der Waals surface area (Å²) in [5.41, 5.74) is 0. The lowest BCUT2D eigenvalue weighted by Gasteiger charge is -2.19. The number of hydrogen-bond donors (Lipinski definition) is 1. The molecule has 1 fully saturated rings. The Morgan fingerprint density at radius 3 is 2.47 bits per heavy atom. The number of hydrogen-bond acceptors (Lipinski definition) is 4. The maximum absolute atomic E-state index is 11.9. The first-order valence-electron chi connectivity index (χ1n) is 5.01. The number of ketones is 1. The molecule has 1 rings (SSSR count). The number of nitrogens with one attached hydrogen (secondary N) is 1. The van der Waals surface area contributed by atoms with Crippen LogP contribution >= 0.6 is 11.8 Å². The van der Waals surface area contributed by atoms with Gasteiger partial charge in [-0.05, 0) is 31.9 Å². The molecule has 0 aromatic carbocycles. The van der Waals surface area contributed by atoms with E-state index in [1.165, 1.54) is 18.9 Å². The summed E-state index contributed by atoms with van der Waals surface area (Å²) >= 11 is 1.50. The van der Waals surface area contributed by atoms with Crippen molar-refractivity contribution < 1.29 is 14.3 Å². The Morgan fingerprint density at radius 1 is 1.47 bits per heavy atom. The predicted molar refractivity (Wildman–Crippen MR) is 60.0 cm³/mol. The van der Waals surface area contributed by atoms with Gasteiger partial charge in [0.25, 0.3) is 0 Å². The molecule has 0 spiro atoms. The minimum absolute atomic E-state index is 0.0762. The summed E-state index contributed by atoms with van der Waals surface area (Å²) in [6, 6.07) is -0.361. The highest BCUT2D eigenvalue weighted by molar-refractivity contribution is 7.99. The van der Waals surface area contributed by atoms with E-state index >= 15 is 0 Å². The Balaban J connectivity index is 2.57. The molecule has 0 radical (unpaired) electrons. The largest absolute Gasteiger partial charge is 0.453 e. The Kier molecular flexibility index (Phi) is 4.45. The maximum atomic E-state index is 11.9. The monoisotopic (exact) mass is 231 g/mol. The second kappa shape index (κ2) is 5.39. The number of ether oxygens (including phenoxy) is 1. The molecular formula is C10H17NO3S. The lowest BCUT2D eigenvalue weighted by molar-refractivity contribution is -0.120. The molecule has 2 atom stereocenters. The fourth-order valence-electron chi connectivity index (χ4n) is 1.41. The van der Waals surface area contributed by atoms with E-state index < -0.39 is 6.09 Å². The van der Waals surface area contributed by atoms with Gasteiger partial charge < -0.3 is 10.1 Å². The van der Waals surface area contributed by atoms with E-state index in [2.05, 4.69) is 10.1 Å². The Hall–Kier alpha value is -0.710. The number of carbonyl (C=O) groups is 2. The lowest BCUT2D eigenvalue weighted by atomic mass is 10.1. The van der Waals surface area contributed by atoms with Crippen LogP contribution in [-0.2, 0) is 9.53 Å². The van der Waals surface area contributed by atoms with Gasteiger partial charge in [0.1, 0.15) is 0 Å². The molecule has 5 heteroatoms. The number of rotatable bonds is 5. The SMILES string of the molecule is COC(=O)N[C@H](C(=O)C(C)SC)C1CC1. The van der Waals surface area contributed by atoms with Crippen molar-refractivity contribution in [1.82, 2.24) is 5.32 Å². The molecule has 1 saturated carbocycles. The average molecular weight is 231 g/mol. The van der Waals surface area contributed by atoms with Gasteiger partial charge in [0.2, 0.25) is 0 Å². The van der Waals surface area contributed by atoms with Gasteiger partial charge in [-0.2, -0.15) is 11.8 Å². The fourth-order valence-corrected chi connectivity index (χ4v) is 1.78. The fraction of sp³-hybridized carbons (Fsp3) is 0.800. The van der Waals surface area contributed by atoms with Crippen LogP contribution in [0.3, 0.4) is 0 Å². The summed E-state index contributed by atoms with van der Waals surface area (Å²) in [4.78, 5) is 23.0. The van der Waals surface area contributed by atoms with Gasteiger partial charge in [-0.25, -0.2) is 4.79 Å². The second-order valence-electron chi connectivity index (χ2n) is 3.73. The van der Waals surface area contributed by atoms with Gasteiger partial charge in [-0.15, -0.1) is 0 Å². The van der Waals surface area contributed by atoms with Gasteiger partial charge in [0.05, 0.1) is 18.4 Å². The zero-order valence-electron chi connectivity index (χ0n) is 9.28. The summed E-state index contributed by atoms with van der Waals surface area (Å²) in [5, 5.41) is 2.54. The number of carbonyl (C=O) groups excluding carboxylic acids is 2. The van der Waals surface area contributed by atoms with Crippen LogP contribution in [0.15, 0.2) is 0 Å². The number of Topliss-reactive ketones (excluding diaryl/α,β-unsaturated/α-hetero) is 1. The molecule has 0 heterocycles. The van der Waals surface area contributed by atoms with Crippen molar-refractivity contribution in [1.29, 1.82) is 0 Å². The molecule has 0 saturated heterocycles. The Morgan fingerprint density at radius 2 is 2.07 bits per heavy atom. The van der Waals surface area contributed by atoms with Crippen LogP contribution < -0.4 is 5.32 Å². The highest BCUT2D eigenvalue weighted by atomic mass is 32.2. The molecular weight excluding hydrogens is 214 g/mol. The number of amides is 1. The van der Waals surface area contributed by atoms with E-state index in [1.54, 1.807) is 0 Å². The van der Waals surface area contributed by atoms with Gasteiger partial charge in [0.15, 0.2) is 5.78 Å². The van der Waals surface area contributed by atoms with Crippen molar-refractivity contribution in [2.75, 3.05) is 13.4 Å². The summed E-state index contributed by atoms with van der Waals surface area (Å²) in [5.74, 6) is 0.404. The zero-order valence-corrected chi connectivity index (χ0v) is 10.1. The van der Waals surface area contributed by atoms with Crippen LogP contribution in [-0.4, -0.2) is 36.5 Å². The smallest absolute Gasteiger partial charge is 0.407 e. The molecule has 4 nitrogen and oxygen atoms in total. The van der Waals surface area contributed by atoms with Gasteiger partial charge in [-0.1, -0.05) is 0 Å². The summed E-state index contributed by atoms with van der Waals surface area (Å²) in [6.07, 6.45) is 3.40. The molecule has 1 amide bonds. The lowest BCUT2D eigenvalue weighted by Crippen LogP contribution is -2.45. The van der Waals surface area contributed by atoms with Gasteiger partial charge in [-0.3, -0.25) is 4.79 Å². The minimum Gasteiger partial charge on any atom is -0.453 e. The van der Waals surface area contributed by atoms with Crippen LogP contribution in [0.4, 0.5) is 4.79 Å². The molecule has 1 aliphatic carbocycles. The van der Waals surface area contributed by atoms with Gasteiger partial charge in [0, 0.05) is 0 Å². The number of alkyl carbamates (subject to hydrolysis) is 1. The molecule has 15 heavy (non-hydrogen) atoms. The number of methoxy groups -OCH3 is 1. The Labute approximate surface area is 94.1 Å². The first kappa shape index (κ1) is 12.4. The molecule has 0 aliphatic heterocycles. The van der Waals surface area contributed by atoms with E-state index in [0.29, 0.717) is 5.92 Å². The summed E-state index contributed by atoms with van der Waals surface area (Å²) < 4.78 is 4.51. The maximum Gasteiger partial charge on any atom is 0.407 e. The predicted octanol–water partition coefficient (Wildman–Crippen LogP) is 1.44. The Bertz CT molecular complexity index is 253. The molecule has 0 bridgehead atoms. The molecule has 1 unspecified atom stereocenters. The third-order valence-electron chi connectivity index (χ3n) is 2.61. The van der Waals surface area contributed by atoms with Crippen molar-refractivity contribution in [3.63, 3.8) is 0 Å². The zero-order chi connectivity index (χ0) is 11.4. The van der Waals surface area contributed by atoms with Crippen molar-refractivity contribution in [3.8, 4) is 0 Å². The quantitative estimate of drug-likeness (QED) is 0.778. The molecule has 0 aromatic heterocycles. The van der Waals surface area contributed by atoms with E-state index in [0.717, 1.165) is 12.8 Å². The van der Waals surface area contributed by atoms with E-state index in [1.807, 2.05) is 13.2 Å². The van der Waals surface area contributed by atoms with Crippen LogP contribution in [0.5, 0.6) is 0 Å². The summed E-state index contributed by atoms with van der Waals surface area (Å²) in [6.45, 7) is 1.86. The van der Waals surface area contributed by atoms with Gasteiger partial charge >= 0.3 is 6.09 Å². The molecule has 1 aliphatic rings. The van der Waals surface area contributed by atoms with E-state index in [4.69, 9.17) is 0 Å². The standard InChI is InChI=1S/C10H17NO3S/c1-6(15-3)9(12)8(7-4-5-7)11-10(13)14-2/h6-8H,4-5H2,1-3H3,(H,11,13)/t6?,8-/m0/s1. The molecule has 1 N–H and O–H groups in total. The third-order valence-corrected chi connectivity index (χ3v) is 3.55. The van der Waals surface area contributed by atoms with Crippen LogP contribution in [0.1, 0.15) is 19.8 Å². The normalized spacial score (nSPS) is 19.1. The molecule has 86 valence electrons. The first-order valence-corrected chi connectivity index (χ1v) is 6.30. The van der Waals surface area contributed by atoms with E-state index in [9.17, 15) is 9.59 Å². The van der Waals surface area contributed by atoms with E-state index in [-0.39, 0.29) is 17.1 Å². The minimum atomic E-state index is -0.520. The van der Waals surface area contributed by atoms with Crippen molar-refractivity contribution in [2.45, 2.75) is 31.1 Å². The first-order chi connectivity index (χ1) is 7.10.